The van der Waals surface area contributed by atoms with Gasteiger partial charge in [-0.05, 0) is 19.1 Å². The van der Waals surface area contributed by atoms with Gasteiger partial charge in [-0.2, -0.15) is 0 Å². The molecule has 7 heteroatoms. The molecule has 0 fully saturated rings. The molecule has 0 radical (unpaired) electrons. The lowest BCUT2D eigenvalue weighted by Crippen LogP contribution is -2.32. The van der Waals surface area contributed by atoms with Crippen LogP contribution in [0.15, 0.2) is 18.2 Å². The maximum absolute atomic E-state index is 11.7. The van der Waals surface area contributed by atoms with Crippen molar-refractivity contribution < 1.29 is 13.2 Å². The fourth-order valence-corrected chi connectivity index (χ4v) is 1.77. The second kappa shape index (κ2) is 4.93. The van der Waals surface area contributed by atoms with Gasteiger partial charge < -0.3 is 11.1 Å². The highest BCUT2D eigenvalue weighted by Crippen LogP contribution is 2.28. The standard InChI is InChI=1S/C10H13ClN2O3S/c1-6(17(2,15)16)10(14)13-9-7(11)4-3-5-8(9)12/h3-6H,12H2,1-2H3,(H,13,14). The number of nitrogen functional groups attached to an aromatic ring is 1. The van der Waals surface area contributed by atoms with Gasteiger partial charge in [-0.15, -0.1) is 0 Å². The topological polar surface area (TPSA) is 89.3 Å². The summed E-state index contributed by atoms with van der Waals surface area (Å²) in [5, 5.41) is 1.52. The highest BCUT2D eigenvalue weighted by atomic mass is 35.5. The van der Waals surface area contributed by atoms with Crippen LogP contribution in [0, 0.1) is 0 Å². The molecule has 1 unspecified atom stereocenters. The van der Waals surface area contributed by atoms with E-state index in [-0.39, 0.29) is 16.4 Å². The van der Waals surface area contributed by atoms with Gasteiger partial charge in [0.2, 0.25) is 5.91 Å². The van der Waals surface area contributed by atoms with E-state index in [1.54, 1.807) is 18.2 Å². The third kappa shape index (κ3) is 3.34. The Labute approximate surface area is 105 Å². The first-order valence-electron chi connectivity index (χ1n) is 4.77. The Morgan fingerprint density at radius 2 is 2.06 bits per heavy atom. The van der Waals surface area contributed by atoms with Crippen LogP contribution in [0.2, 0.25) is 5.02 Å². The monoisotopic (exact) mass is 276 g/mol. The zero-order chi connectivity index (χ0) is 13.2. The normalized spacial score (nSPS) is 13.1. The number of rotatable bonds is 3. The molecule has 0 bridgehead atoms. The van der Waals surface area contributed by atoms with Crippen molar-refractivity contribution in [1.29, 1.82) is 0 Å². The van der Waals surface area contributed by atoms with Crippen LogP contribution in [-0.4, -0.2) is 25.8 Å². The minimum atomic E-state index is -3.44. The van der Waals surface area contributed by atoms with E-state index in [1.807, 2.05) is 0 Å². The average Bonchev–Trinajstić information content (AvgIpc) is 2.21. The van der Waals surface area contributed by atoms with E-state index < -0.39 is 21.0 Å². The van der Waals surface area contributed by atoms with Crippen LogP contribution in [0.25, 0.3) is 0 Å². The molecular formula is C10H13ClN2O3S. The lowest BCUT2D eigenvalue weighted by atomic mass is 10.2. The van der Waals surface area contributed by atoms with Gasteiger partial charge in [0.1, 0.15) is 5.25 Å². The zero-order valence-electron chi connectivity index (χ0n) is 9.40. The van der Waals surface area contributed by atoms with Crippen LogP contribution in [0.4, 0.5) is 11.4 Å². The lowest BCUT2D eigenvalue weighted by molar-refractivity contribution is -0.115. The molecule has 17 heavy (non-hydrogen) atoms. The van der Waals surface area contributed by atoms with Gasteiger partial charge in [0.15, 0.2) is 9.84 Å². The van der Waals surface area contributed by atoms with Crippen molar-refractivity contribution in [2.75, 3.05) is 17.3 Å². The number of carbonyl (C=O) groups excluding carboxylic acids is 1. The predicted octanol–water partition coefficient (Wildman–Crippen LogP) is 1.29. The number of halogens is 1. The molecule has 1 aromatic carbocycles. The third-order valence-corrected chi connectivity index (χ3v) is 4.12. The molecule has 0 heterocycles. The van der Waals surface area contributed by atoms with Crippen molar-refractivity contribution in [2.45, 2.75) is 12.2 Å². The minimum absolute atomic E-state index is 0.231. The molecule has 1 amide bonds. The van der Waals surface area contributed by atoms with Crippen molar-refractivity contribution in [3.63, 3.8) is 0 Å². The number of nitrogens with two attached hydrogens (primary N) is 1. The first-order valence-corrected chi connectivity index (χ1v) is 7.10. The van der Waals surface area contributed by atoms with Gasteiger partial charge in [-0.1, -0.05) is 17.7 Å². The molecular weight excluding hydrogens is 264 g/mol. The van der Waals surface area contributed by atoms with Crippen molar-refractivity contribution >= 4 is 38.7 Å². The second-order valence-corrected chi connectivity index (χ2v) is 6.44. The summed E-state index contributed by atoms with van der Waals surface area (Å²) < 4.78 is 22.4. The van der Waals surface area contributed by atoms with Crippen molar-refractivity contribution in [3.8, 4) is 0 Å². The summed E-state index contributed by atoms with van der Waals surface area (Å²) >= 11 is 5.85. The first kappa shape index (κ1) is 13.8. The molecule has 5 nitrogen and oxygen atoms in total. The number of carbonyl (C=O) groups is 1. The Bertz CT molecular complexity index is 522. The Balaban J connectivity index is 2.97. The molecule has 0 saturated carbocycles. The van der Waals surface area contributed by atoms with Crippen LogP contribution in [0.3, 0.4) is 0 Å². The van der Waals surface area contributed by atoms with Crippen molar-refractivity contribution in [3.05, 3.63) is 23.2 Å². The lowest BCUT2D eigenvalue weighted by Gasteiger charge is -2.13. The molecule has 1 aromatic rings. The molecule has 1 atom stereocenters. The van der Waals surface area contributed by atoms with Gasteiger partial charge >= 0.3 is 0 Å². The molecule has 0 aliphatic heterocycles. The SMILES string of the molecule is CC(C(=O)Nc1c(N)cccc1Cl)S(C)(=O)=O. The minimum Gasteiger partial charge on any atom is -0.397 e. The summed E-state index contributed by atoms with van der Waals surface area (Å²) in [5.41, 5.74) is 6.15. The molecule has 94 valence electrons. The Morgan fingerprint density at radius 1 is 1.47 bits per heavy atom. The summed E-state index contributed by atoms with van der Waals surface area (Å²) in [6, 6.07) is 4.75. The van der Waals surface area contributed by atoms with Crippen LogP contribution in [0.5, 0.6) is 0 Å². The smallest absolute Gasteiger partial charge is 0.242 e. The number of hydrogen-bond donors (Lipinski definition) is 2. The van der Waals surface area contributed by atoms with Crippen molar-refractivity contribution in [2.24, 2.45) is 0 Å². The van der Waals surface area contributed by atoms with E-state index in [0.717, 1.165) is 6.26 Å². The van der Waals surface area contributed by atoms with E-state index in [1.165, 1.54) is 6.92 Å². The third-order valence-electron chi connectivity index (χ3n) is 2.31. The number of sulfone groups is 1. The van der Waals surface area contributed by atoms with E-state index in [4.69, 9.17) is 17.3 Å². The average molecular weight is 277 g/mol. The summed E-state index contributed by atoms with van der Waals surface area (Å²) in [6.07, 6.45) is 0.993. The van der Waals surface area contributed by atoms with E-state index in [9.17, 15) is 13.2 Å². The van der Waals surface area contributed by atoms with E-state index in [2.05, 4.69) is 5.32 Å². The van der Waals surface area contributed by atoms with Crippen LogP contribution < -0.4 is 11.1 Å². The van der Waals surface area contributed by atoms with Gasteiger partial charge in [0, 0.05) is 6.26 Å². The summed E-state index contributed by atoms with van der Waals surface area (Å²) in [6.45, 7) is 1.30. The number of para-hydroxylation sites is 1. The quantitative estimate of drug-likeness (QED) is 0.814. The molecule has 1 rings (SSSR count). The summed E-state index contributed by atoms with van der Waals surface area (Å²) in [5.74, 6) is -0.660. The second-order valence-electron chi connectivity index (χ2n) is 3.67. The number of nitrogens with one attached hydrogen (secondary N) is 1. The fourth-order valence-electron chi connectivity index (χ4n) is 1.09. The van der Waals surface area contributed by atoms with E-state index in [0.29, 0.717) is 0 Å². The maximum Gasteiger partial charge on any atom is 0.242 e. The van der Waals surface area contributed by atoms with Gasteiger partial charge in [0.25, 0.3) is 0 Å². The Hall–Kier alpha value is -1.27. The molecule has 0 aromatic heterocycles. The molecule has 0 spiro atoms. The predicted molar refractivity (Wildman–Crippen MR) is 68.8 cm³/mol. The maximum atomic E-state index is 11.7. The summed E-state index contributed by atoms with van der Waals surface area (Å²) in [7, 11) is -3.44. The highest BCUT2D eigenvalue weighted by Gasteiger charge is 2.24. The van der Waals surface area contributed by atoms with Crippen LogP contribution >= 0.6 is 11.6 Å². The number of amides is 1. The Kier molecular flexibility index (Phi) is 4.00. The van der Waals surface area contributed by atoms with E-state index >= 15 is 0 Å². The van der Waals surface area contributed by atoms with Gasteiger partial charge in [-0.25, -0.2) is 8.42 Å². The largest absolute Gasteiger partial charge is 0.397 e. The highest BCUT2D eigenvalue weighted by molar-refractivity contribution is 7.92. The van der Waals surface area contributed by atoms with Crippen LogP contribution in [0.1, 0.15) is 6.92 Å². The molecule has 0 aliphatic rings. The zero-order valence-corrected chi connectivity index (χ0v) is 11.0. The van der Waals surface area contributed by atoms with Gasteiger partial charge in [-0.3, -0.25) is 4.79 Å². The Morgan fingerprint density at radius 3 is 2.53 bits per heavy atom. The molecule has 0 saturated heterocycles. The molecule has 0 aliphatic carbocycles. The fraction of sp³-hybridized carbons (Fsp3) is 0.300. The number of anilines is 2. The number of hydrogen-bond acceptors (Lipinski definition) is 4. The summed E-state index contributed by atoms with van der Waals surface area (Å²) in [4.78, 5) is 11.7. The first-order chi connectivity index (χ1) is 7.73. The van der Waals surface area contributed by atoms with Gasteiger partial charge in [0.05, 0.1) is 16.4 Å². The van der Waals surface area contributed by atoms with Crippen molar-refractivity contribution in [1.82, 2.24) is 0 Å². The van der Waals surface area contributed by atoms with Crippen LogP contribution in [-0.2, 0) is 14.6 Å². The number of benzene rings is 1. The molecule has 3 N–H and O–H groups in total.